The molecule has 0 saturated carbocycles. The van der Waals surface area contributed by atoms with Crippen LogP contribution in [0.15, 0.2) is 54.6 Å². The molecule has 3 rings (SSSR count). The Morgan fingerprint density at radius 3 is 2.68 bits per heavy atom. The summed E-state index contributed by atoms with van der Waals surface area (Å²) in [6.45, 7) is 1.70. The summed E-state index contributed by atoms with van der Waals surface area (Å²) in [5.41, 5.74) is 3.95. The monoisotopic (exact) mass is 253 g/mol. The number of fused-ring (bicyclic) bond motifs is 1. The van der Waals surface area contributed by atoms with Gasteiger partial charge in [-0.05, 0) is 23.6 Å². The molecule has 1 heterocycles. The Morgan fingerprint density at radius 2 is 1.79 bits per heavy atom. The van der Waals surface area contributed by atoms with Gasteiger partial charge in [-0.2, -0.15) is 0 Å². The van der Waals surface area contributed by atoms with Gasteiger partial charge in [0.2, 0.25) is 0 Å². The first-order chi connectivity index (χ1) is 9.42. The topological polar surface area (TPSA) is 21.3 Å². The van der Waals surface area contributed by atoms with E-state index in [2.05, 4.69) is 53.8 Å². The smallest absolute Gasteiger partial charge is 0.0788 e. The Morgan fingerprint density at radius 1 is 1.00 bits per heavy atom. The molecule has 2 nitrogen and oxygen atoms in total. The quantitative estimate of drug-likeness (QED) is 0.903. The van der Waals surface area contributed by atoms with Gasteiger partial charge in [-0.25, -0.2) is 0 Å². The zero-order chi connectivity index (χ0) is 12.9. The van der Waals surface area contributed by atoms with Crippen LogP contribution in [0.4, 0.5) is 5.69 Å². The number of hydrogen-bond donors (Lipinski definition) is 1. The summed E-state index contributed by atoms with van der Waals surface area (Å²) in [5, 5.41) is 3.44. The maximum Gasteiger partial charge on any atom is 0.0788 e. The fourth-order valence-electron chi connectivity index (χ4n) is 2.52. The first-order valence-electron chi connectivity index (χ1n) is 6.89. The van der Waals surface area contributed by atoms with Crippen molar-refractivity contribution in [1.82, 2.24) is 0 Å². The second-order valence-corrected chi connectivity index (χ2v) is 4.97. The highest BCUT2D eigenvalue weighted by molar-refractivity contribution is 5.53. The zero-order valence-corrected chi connectivity index (χ0v) is 11.0. The fourth-order valence-corrected chi connectivity index (χ4v) is 2.52. The first kappa shape index (κ1) is 12.2. The maximum absolute atomic E-state index is 5.98. The number of anilines is 1. The molecule has 0 saturated heterocycles. The highest BCUT2D eigenvalue weighted by Gasteiger charge is 2.17. The molecule has 2 aromatic rings. The summed E-state index contributed by atoms with van der Waals surface area (Å²) in [7, 11) is 0. The third-order valence-electron chi connectivity index (χ3n) is 3.57. The van der Waals surface area contributed by atoms with Crippen molar-refractivity contribution < 1.29 is 4.74 Å². The molecule has 19 heavy (non-hydrogen) atoms. The molecular formula is C17H19NO. The van der Waals surface area contributed by atoms with Crippen LogP contribution in [0.5, 0.6) is 0 Å². The highest BCUT2D eigenvalue weighted by Crippen LogP contribution is 2.22. The van der Waals surface area contributed by atoms with Crippen LogP contribution in [0.2, 0.25) is 0 Å². The SMILES string of the molecule is c1ccc(CCOC2CNc3ccccc3C2)cc1. The summed E-state index contributed by atoms with van der Waals surface area (Å²) in [6, 6.07) is 19.0. The molecule has 2 aromatic carbocycles. The lowest BCUT2D eigenvalue weighted by Gasteiger charge is -2.26. The Bertz CT molecular complexity index is 524. The standard InChI is InChI=1S/C17H19NO/c1-2-6-14(7-3-1)10-11-19-16-12-15-8-4-5-9-17(15)18-13-16/h1-9,16,18H,10-13H2. The van der Waals surface area contributed by atoms with Crippen LogP contribution >= 0.6 is 0 Å². The fraction of sp³-hybridized carbons (Fsp3) is 0.294. The van der Waals surface area contributed by atoms with Gasteiger partial charge in [-0.3, -0.25) is 0 Å². The number of nitrogens with one attached hydrogen (secondary N) is 1. The van der Waals surface area contributed by atoms with Gasteiger partial charge in [-0.1, -0.05) is 48.5 Å². The molecule has 0 radical (unpaired) electrons. The highest BCUT2D eigenvalue weighted by atomic mass is 16.5. The van der Waals surface area contributed by atoms with Crippen molar-refractivity contribution >= 4 is 5.69 Å². The second-order valence-electron chi connectivity index (χ2n) is 4.97. The van der Waals surface area contributed by atoms with Crippen molar-refractivity contribution in [3.8, 4) is 0 Å². The Hall–Kier alpha value is -1.80. The molecule has 1 N–H and O–H groups in total. The van der Waals surface area contributed by atoms with Gasteiger partial charge >= 0.3 is 0 Å². The van der Waals surface area contributed by atoms with Crippen molar-refractivity contribution in [2.45, 2.75) is 18.9 Å². The van der Waals surface area contributed by atoms with Crippen LogP contribution in [-0.4, -0.2) is 19.3 Å². The number of ether oxygens (including phenoxy) is 1. The zero-order valence-electron chi connectivity index (χ0n) is 11.0. The molecule has 0 fully saturated rings. The van der Waals surface area contributed by atoms with E-state index in [1.165, 1.54) is 16.8 Å². The van der Waals surface area contributed by atoms with Crippen molar-refractivity contribution in [3.05, 3.63) is 65.7 Å². The Balaban J connectivity index is 1.50. The molecule has 1 aliphatic rings. The minimum absolute atomic E-state index is 0.290. The van der Waals surface area contributed by atoms with Crippen LogP contribution in [0.3, 0.4) is 0 Å². The molecular weight excluding hydrogens is 234 g/mol. The molecule has 98 valence electrons. The minimum atomic E-state index is 0.290. The predicted octanol–water partition coefficient (Wildman–Crippen LogP) is 3.28. The largest absolute Gasteiger partial charge is 0.382 e. The van der Waals surface area contributed by atoms with E-state index in [1.54, 1.807) is 0 Å². The lowest BCUT2D eigenvalue weighted by Crippen LogP contribution is -2.31. The molecule has 0 spiro atoms. The van der Waals surface area contributed by atoms with E-state index in [0.717, 1.165) is 26.0 Å². The molecule has 0 aromatic heterocycles. The van der Waals surface area contributed by atoms with E-state index >= 15 is 0 Å². The van der Waals surface area contributed by atoms with Crippen LogP contribution in [0.25, 0.3) is 0 Å². The summed E-state index contributed by atoms with van der Waals surface area (Å²) >= 11 is 0. The molecule has 0 amide bonds. The van der Waals surface area contributed by atoms with Crippen molar-refractivity contribution in [1.29, 1.82) is 0 Å². The lowest BCUT2D eigenvalue weighted by molar-refractivity contribution is 0.0626. The lowest BCUT2D eigenvalue weighted by atomic mass is 10.0. The summed E-state index contributed by atoms with van der Waals surface area (Å²) in [6.07, 6.45) is 2.29. The van der Waals surface area contributed by atoms with E-state index < -0.39 is 0 Å². The Labute approximate surface area is 114 Å². The van der Waals surface area contributed by atoms with Crippen molar-refractivity contribution in [2.75, 3.05) is 18.5 Å². The van der Waals surface area contributed by atoms with Crippen LogP contribution in [-0.2, 0) is 17.6 Å². The van der Waals surface area contributed by atoms with Crippen LogP contribution in [0, 0.1) is 0 Å². The third kappa shape index (κ3) is 3.15. The molecule has 1 unspecified atom stereocenters. The van der Waals surface area contributed by atoms with Gasteiger partial charge < -0.3 is 10.1 Å². The van der Waals surface area contributed by atoms with E-state index in [-0.39, 0.29) is 0 Å². The number of benzene rings is 2. The second kappa shape index (κ2) is 5.89. The summed E-state index contributed by atoms with van der Waals surface area (Å²) in [5.74, 6) is 0. The number of rotatable bonds is 4. The van der Waals surface area contributed by atoms with Crippen molar-refractivity contribution in [2.24, 2.45) is 0 Å². The minimum Gasteiger partial charge on any atom is -0.382 e. The van der Waals surface area contributed by atoms with Gasteiger partial charge in [0, 0.05) is 18.7 Å². The van der Waals surface area contributed by atoms with E-state index in [9.17, 15) is 0 Å². The van der Waals surface area contributed by atoms with Gasteiger partial charge in [0.25, 0.3) is 0 Å². The van der Waals surface area contributed by atoms with E-state index in [4.69, 9.17) is 4.74 Å². The number of hydrogen-bond acceptors (Lipinski definition) is 2. The molecule has 1 atom stereocenters. The van der Waals surface area contributed by atoms with Gasteiger partial charge in [0.15, 0.2) is 0 Å². The maximum atomic E-state index is 5.98. The summed E-state index contributed by atoms with van der Waals surface area (Å²) in [4.78, 5) is 0. The normalized spacial score (nSPS) is 17.6. The van der Waals surface area contributed by atoms with Gasteiger partial charge in [-0.15, -0.1) is 0 Å². The first-order valence-corrected chi connectivity index (χ1v) is 6.89. The van der Waals surface area contributed by atoms with Crippen molar-refractivity contribution in [3.63, 3.8) is 0 Å². The van der Waals surface area contributed by atoms with E-state index in [0.29, 0.717) is 6.10 Å². The predicted molar refractivity (Wildman–Crippen MR) is 78.5 cm³/mol. The average molecular weight is 253 g/mol. The molecule has 1 aliphatic heterocycles. The van der Waals surface area contributed by atoms with Crippen LogP contribution < -0.4 is 5.32 Å². The third-order valence-corrected chi connectivity index (χ3v) is 3.57. The van der Waals surface area contributed by atoms with Gasteiger partial charge in [0.1, 0.15) is 0 Å². The average Bonchev–Trinajstić information content (AvgIpc) is 2.48. The van der Waals surface area contributed by atoms with E-state index in [1.807, 2.05) is 6.07 Å². The molecule has 0 aliphatic carbocycles. The van der Waals surface area contributed by atoms with Crippen LogP contribution in [0.1, 0.15) is 11.1 Å². The molecule has 0 bridgehead atoms. The van der Waals surface area contributed by atoms with Gasteiger partial charge in [0.05, 0.1) is 12.7 Å². The molecule has 2 heteroatoms. The summed E-state index contributed by atoms with van der Waals surface area (Å²) < 4.78 is 5.98. The Kier molecular flexibility index (Phi) is 3.80. The number of para-hydroxylation sites is 1.